The molecule has 0 fully saturated rings. The molecule has 1 aromatic rings. The van der Waals surface area contributed by atoms with Crippen molar-refractivity contribution in [2.75, 3.05) is 0 Å². The van der Waals surface area contributed by atoms with Gasteiger partial charge in [0.15, 0.2) is 0 Å². The minimum Gasteiger partial charge on any atom is -0.443 e. The van der Waals surface area contributed by atoms with Gasteiger partial charge in [0.05, 0.1) is 15.7 Å². The number of ether oxygens (including phenoxy) is 1. The second kappa shape index (κ2) is 5.25. The summed E-state index contributed by atoms with van der Waals surface area (Å²) < 4.78 is 19.6. The molecule has 0 aromatic heterocycles. The molecule has 0 unspecified atom stereocenters. The third-order valence-electron chi connectivity index (χ3n) is 2.66. The fraction of sp³-hybridized carbons (Fsp3) is 0.385. The molecule has 20 heavy (non-hydrogen) atoms. The van der Waals surface area contributed by atoms with Gasteiger partial charge >= 0.3 is 6.09 Å². The van der Waals surface area contributed by atoms with Crippen LogP contribution in [0, 0.1) is 9.39 Å². The van der Waals surface area contributed by atoms with Crippen LogP contribution in [0.1, 0.15) is 36.7 Å². The molecule has 0 N–H and O–H groups in total. The highest BCUT2D eigenvalue weighted by molar-refractivity contribution is 14.1. The second-order valence-electron chi connectivity index (χ2n) is 5.38. The number of rotatable bonds is 0. The highest BCUT2D eigenvalue weighted by Crippen LogP contribution is 2.35. The maximum Gasteiger partial charge on any atom is 0.417 e. The molecule has 4 nitrogen and oxygen atoms in total. The average Bonchev–Trinajstić information content (AvgIpc) is 2.62. The Balaban J connectivity index is 2.37. The van der Waals surface area contributed by atoms with E-state index >= 15 is 0 Å². The van der Waals surface area contributed by atoms with Crippen LogP contribution in [0.3, 0.4) is 0 Å². The summed E-state index contributed by atoms with van der Waals surface area (Å²) in [5.41, 5.74) is 0.136. The summed E-state index contributed by atoms with van der Waals surface area (Å²) >= 11 is 5.00. The van der Waals surface area contributed by atoms with Crippen LogP contribution in [-0.2, 0) is 11.3 Å². The zero-order valence-corrected chi connectivity index (χ0v) is 14.8. The first-order valence-corrected chi connectivity index (χ1v) is 7.70. The molecule has 0 saturated heterocycles. The van der Waals surface area contributed by atoms with Gasteiger partial charge in [-0.05, 0) is 65.4 Å². The molecule has 7 heteroatoms. The van der Waals surface area contributed by atoms with Gasteiger partial charge in [-0.15, -0.1) is 0 Å². The van der Waals surface area contributed by atoms with Crippen molar-refractivity contribution in [3.8, 4) is 0 Å². The van der Waals surface area contributed by atoms with E-state index in [0.29, 0.717) is 19.2 Å². The molecular weight excluding hydrogens is 444 g/mol. The smallest absolute Gasteiger partial charge is 0.417 e. The molecule has 0 bridgehead atoms. The number of benzene rings is 1. The van der Waals surface area contributed by atoms with Gasteiger partial charge in [-0.25, -0.2) is 14.1 Å². The van der Waals surface area contributed by atoms with Gasteiger partial charge in [-0.3, -0.25) is 4.79 Å². The van der Waals surface area contributed by atoms with Crippen molar-refractivity contribution in [1.82, 2.24) is 4.90 Å². The van der Waals surface area contributed by atoms with Gasteiger partial charge in [-0.1, -0.05) is 0 Å². The van der Waals surface area contributed by atoms with E-state index in [0.717, 1.165) is 4.90 Å². The van der Waals surface area contributed by atoms with Gasteiger partial charge in [0.1, 0.15) is 11.4 Å². The number of carbonyl (C=O) groups excluding carboxylic acids is 2. The Kier molecular flexibility index (Phi) is 4.12. The fourth-order valence-electron chi connectivity index (χ4n) is 1.85. The molecular formula is C13H12BrFINO3. The van der Waals surface area contributed by atoms with Crippen molar-refractivity contribution < 1.29 is 18.7 Å². The minimum absolute atomic E-state index is 0.0255. The van der Waals surface area contributed by atoms with Crippen molar-refractivity contribution >= 4 is 50.5 Å². The van der Waals surface area contributed by atoms with E-state index in [-0.39, 0.29) is 6.54 Å². The van der Waals surface area contributed by atoms with E-state index in [1.165, 1.54) is 6.07 Å². The fourth-order valence-corrected chi connectivity index (χ4v) is 3.06. The zero-order chi connectivity index (χ0) is 15.2. The van der Waals surface area contributed by atoms with Crippen molar-refractivity contribution in [3.63, 3.8) is 0 Å². The number of hydrogen-bond donors (Lipinski definition) is 0. The molecule has 0 spiro atoms. The number of hydrogen-bond acceptors (Lipinski definition) is 3. The van der Waals surface area contributed by atoms with Crippen LogP contribution in [0.2, 0.25) is 0 Å². The highest BCUT2D eigenvalue weighted by atomic mass is 127. The number of imide groups is 1. The molecule has 108 valence electrons. The Labute approximate surface area is 137 Å². The zero-order valence-electron chi connectivity index (χ0n) is 11.1. The van der Waals surface area contributed by atoms with E-state index in [2.05, 4.69) is 15.9 Å². The Bertz CT molecular complexity index is 613. The number of fused-ring (bicyclic) bond motifs is 1. The highest BCUT2D eigenvalue weighted by Gasteiger charge is 2.38. The molecule has 2 amide bonds. The summed E-state index contributed by atoms with van der Waals surface area (Å²) in [6.07, 6.45) is -0.721. The lowest BCUT2D eigenvalue weighted by molar-refractivity contribution is 0.0247. The molecule has 0 atom stereocenters. The standard InChI is InChI=1S/C13H12BrFINO3/c1-13(2,3)20-12(19)17-5-6-9(11(17)18)7(14)4-8(15)10(6)16/h4H,5H2,1-3H3. The Morgan fingerprint density at radius 3 is 2.65 bits per heavy atom. The normalized spacial score (nSPS) is 14.5. The molecule has 1 aliphatic heterocycles. The summed E-state index contributed by atoms with van der Waals surface area (Å²) in [7, 11) is 0. The summed E-state index contributed by atoms with van der Waals surface area (Å²) in [6.45, 7) is 5.19. The van der Waals surface area contributed by atoms with Gasteiger partial charge in [0.2, 0.25) is 0 Å². The second-order valence-corrected chi connectivity index (χ2v) is 7.31. The van der Waals surface area contributed by atoms with Crippen LogP contribution >= 0.6 is 38.5 Å². The van der Waals surface area contributed by atoms with Gasteiger partial charge in [-0.2, -0.15) is 0 Å². The first-order valence-electron chi connectivity index (χ1n) is 5.83. The van der Waals surface area contributed by atoms with E-state index in [1.54, 1.807) is 20.8 Å². The third-order valence-corrected chi connectivity index (χ3v) is 4.45. The van der Waals surface area contributed by atoms with Gasteiger partial charge in [0.25, 0.3) is 5.91 Å². The lowest BCUT2D eigenvalue weighted by Gasteiger charge is -2.23. The Morgan fingerprint density at radius 2 is 2.10 bits per heavy atom. The molecule has 1 heterocycles. The Hall–Kier alpha value is -0.700. The van der Waals surface area contributed by atoms with Crippen molar-refractivity contribution in [3.05, 3.63) is 31.1 Å². The first-order chi connectivity index (χ1) is 9.11. The van der Waals surface area contributed by atoms with Gasteiger partial charge < -0.3 is 4.74 Å². The van der Waals surface area contributed by atoms with Crippen molar-refractivity contribution in [2.24, 2.45) is 0 Å². The SMILES string of the molecule is CC(C)(C)OC(=O)N1Cc2c(I)c(F)cc(Br)c2C1=O. The number of carbonyl (C=O) groups is 2. The summed E-state index contributed by atoms with van der Waals surface area (Å²) in [4.78, 5) is 25.3. The van der Waals surface area contributed by atoms with Crippen molar-refractivity contribution in [1.29, 1.82) is 0 Å². The summed E-state index contributed by atoms with van der Waals surface area (Å²) in [5.74, 6) is -0.894. The predicted octanol–water partition coefficient (Wildman–Crippen LogP) is 4.08. The van der Waals surface area contributed by atoms with Crippen LogP contribution in [0.4, 0.5) is 9.18 Å². The van der Waals surface area contributed by atoms with E-state index < -0.39 is 23.4 Å². The lowest BCUT2D eigenvalue weighted by Crippen LogP contribution is -2.36. The molecule has 1 aromatic carbocycles. The molecule has 1 aliphatic rings. The molecule has 2 rings (SSSR count). The van der Waals surface area contributed by atoms with Crippen LogP contribution in [0.5, 0.6) is 0 Å². The van der Waals surface area contributed by atoms with E-state index in [1.807, 2.05) is 22.6 Å². The maximum atomic E-state index is 13.7. The average molecular weight is 456 g/mol. The van der Waals surface area contributed by atoms with Crippen LogP contribution in [0.25, 0.3) is 0 Å². The van der Waals surface area contributed by atoms with Crippen LogP contribution in [-0.4, -0.2) is 22.5 Å². The number of nitrogens with zero attached hydrogens (tertiary/aromatic N) is 1. The monoisotopic (exact) mass is 455 g/mol. The summed E-state index contributed by atoms with van der Waals surface area (Å²) in [6, 6.07) is 1.23. The van der Waals surface area contributed by atoms with E-state index in [9.17, 15) is 14.0 Å². The number of halogens is 3. The number of amides is 2. The lowest BCUT2D eigenvalue weighted by atomic mass is 10.1. The van der Waals surface area contributed by atoms with Crippen LogP contribution in [0.15, 0.2) is 10.5 Å². The van der Waals surface area contributed by atoms with Crippen molar-refractivity contribution in [2.45, 2.75) is 32.9 Å². The largest absolute Gasteiger partial charge is 0.443 e. The summed E-state index contributed by atoms with van der Waals surface area (Å²) in [5, 5.41) is 0. The topological polar surface area (TPSA) is 46.6 Å². The maximum absolute atomic E-state index is 13.7. The van der Waals surface area contributed by atoms with E-state index in [4.69, 9.17) is 4.74 Å². The first kappa shape index (κ1) is 15.7. The molecule has 0 aliphatic carbocycles. The van der Waals surface area contributed by atoms with Crippen LogP contribution < -0.4 is 0 Å². The quantitative estimate of drug-likeness (QED) is 0.437. The molecule has 0 radical (unpaired) electrons. The molecule has 0 saturated carbocycles. The Morgan fingerprint density at radius 1 is 1.50 bits per heavy atom. The van der Waals surface area contributed by atoms with Gasteiger partial charge in [0, 0.05) is 10.0 Å². The predicted molar refractivity (Wildman–Crippen MR) is 82.9 cm³/mol. The third kappa shape index (κ3) is 2.83. The minimum atomic E-state index is -0.721.